The highest BCUT2D eigenvalue weighted by atomic mass is 32.2. The summed E-state index contributed by atoms with van der Waals surface area (Å²) in [5, 5.41) is 2.38. The summed E-state index contributed by atoms with van der Waals surface area (Å²) in [6.07, 6.45) is 0.166. The van der Waals surface area contributed by atoms with Gasteiger partial charge in [0.2, 0.25) is 5.91 Å². The van der Waals surface area contributed by atoms with Crippen LogP contribution in [0.15, 0.2) is 47.4 Å². The summed E-state index contributed by atoms with van der Waals surface area (Å²) in [6, 6.07) is 8.90. The molecule has 0 heterocycles. The Morgan fingerprint density at radius 2 is 1.67 bits per heavy atom. The van der Waals surface area contributed by atoms with Crippen molar-refractivity contribution in [3.8, 4) is 0 Å². The number of hydrogen-bond acceptors (Lipinski definition) is 2. The van der Waals surface area contributed by atoms with E-state index in [9.17, 15) is 18.0 Å². The van der Waals surface area contributed by atoms with Gasteiger partial charge >= 0.3 is 0 Å². The molecule has 0 bridgehead atoms. The zero-order valence-corrected chi connectivity index (χ0v) is 11.7. The van der Waals surface area contributed by atoms with Crippen molar-refractivity contribution < 1.29 is 18.0 Å². The zero-order valence-electron chi connectivity index (χ0n) is 10.9. The van der Waals surface area contributed by atoms with Gasteiger partial charge in [0.05, 0.1) is 5.69 Å². The fourth-order valence-electron chi connectivity index (χ4n) is 1.60. The van der Waals surface area contributed by atoms with Crippen molar-refractivity contribution >= 4 is 23.4 Å². The van der Waals surface area contributed by atoms with Gasteiger partial charge in [0.1, 0.15) is 17.5 Å². The van der Waals surface area contributed by atoms with Crippen molar-refractivity contribution in [2.45, 2.75) is 11.3 Å². The molecule has 6 heteroatoms. The topological polar surface area (TPSA) is 29.1 Å². The first-order valence-corrected chi connectivity index (χ1v) is 7.16. The Labute approximate surface area is 124 Å². The molecule has 1 N–H and O–H groups in total. The Balaban J connectivity index is 1.81. The van der Waals surface area contributed by atoms with E-state index in [4.69, 9.17) is 0 Å². The lowest BCUT2D eigenvalue weighted by Crippen LogP contribution is -2.13. The highest BCUT2D eigenvalue weighted by Gasteiger charge is 2.08. The second-order valence-electron chi connectivity index (χ2n) is 4.22. The number of carbonyl (C=O) groups is 1. The minimum atomic E-state index is -0.811. The van der Waals surface area contributed by atoms with Gasteiger partial charge in [0.15, 0.2) is 0 Å². The maximum Gasteiger partial charge on any atom is 0.225 e. The Morgan fingerprint density at radius 3 is 2.33 bits per heavy atom. The molecule has 0 spiro atoms. The summed E-state index contributed by atoms with van der Waals surface area (Å²) in [5.74, 6) is -1.72. The molecule has 2 rings (SSSR count). The van der Waals surface area contributed by atoms with Gasteiger partial charge in [0, 0.05) is 23.1 Å². The average molecular weight is 311 g/mol. The Morgan fingerprint density at radius 1 is 1.00 bits per heavy atom. The van der Waals surface area contributed by atoms with Crippen LogP contribution in [0, 0.1) is 17.5 Å². The molecule has 2 aromatic carbocycles. The molecule has 0 aromatic heterocycles. The molecule has 0 saturated heterocycles. The number of hydrogen-bond donors (Lipinski definition) is 1. The van der Waals surface area contributed by atoms with Gasteiger partial charge in [-0.2, -0.15) is 0 Å². The van der Waals surface area contributed by atoms with Crippen LogP contribution in [-0.2, 0) is 4.79 Å². The zero-order chi connectivity index (χ0) is 15.2. The lowest BCUT2D eigenvalue weighted by molar-refractivity contribution is -0.115. The fourth-order valence-corrected chi connectivity index (χ4v) is 2.45. The highest BCUT2D eigenvalue weighted by Crippen LogP contribution is 2.20. The number of benzene rings is 2. The van der Waals surface area contributed by atoms with Crippen molar-refractivity contribution in [3.05, 3.63) is 59.9 Å². The van der Waals surface area contributed by atoms with Crippen LogP contribution in [0.25, 0.3) is 0 Å². The van der Waals surface area contributed by atoms with E-state index in [0.717, 1.165) is 11.0 Å². The predicted octanol–water partition coefficient (Wildman–Crippen LogP) is 4.22. The fraction of sp³-hybridized carbons (Fsp3) is 0.133. The molecule has 0 aliphatic carbocycles. The molecule has 2 aromatic rings. The molecule has 1 amide bonds. The number of halogens is 3. The predicted molar refractivity (Wildman–Crippen MR) is 76.7 cm³/mol. The lowest BCUT2D eigenvalue weighted by Gasteiger charge is -2.06. The molecule has 0 atom stereocenters. The van der Waals surface area contributed by atoms with Gasteiger partial charge in [-0.3, -0.25) is 4.79 Å². The quantitative estimate of drug-likeness (QED) is 0.838. The number of thioether (sulfide) groups is 1. The first-order chi connectivity index (χ1) is 10.0. The van der Waals surface area contributed by atoms with Crippen molar-refractivity contribution in [2.24, 2.45) is 0 Å². The Bertz CT molecular complexity index is 631. The average Bonchev–Trinajstić information content (AvgIpc) is 2.44. The number of rotatable bonds is 5. The third kappa shape index (κ3) is 4.82. The van der Waals surface area contributed by atoms with Gasteiger partial charge in [0.25, 0.3) is 0 Å². The molecule has 0 saturated carbocycles. The normalized spacial score (nSPS) is 10.4. The molecular formula is C15H12F3NOS. The van der Waals surface area contributed by atoms with E-state index in [-0.39, 0.29) is 23.8 Å². The van der Waals surface area contributed by atoms with E-state index in [2.05, 4.69) is 5.32 Å². The number of amides is 1. The number of carbonyl (C=O) groups excluding carboxylic acids is 1. The van der Waals surface area contributed by atoms with E-state index in [0.29, 0.717) is 11.8 Å². The Kier molecular flexibility index (Phi) is 5.27. The molecule has 0 fully saturated rings. The first-order valence-electron chi connectivity index (χ1n) is 6.18. The smallest absolute Gasteiger partial charge is 0.225 e. The van der Waals surface area contributed by atoms with Crippen molar-refractivity contribution in [2.75, 3.05) is 11.1 Å². The van der Waals surface area contributed by atoms with Crippen molar-refractivity contribution in [1.82, 2.24) is 0 Å². The van der Waals surface area contributed by atoms with E-state index in [1.807, 2.05) is 0 Å². The second kappa shape index (κ2) is 7.17. The van der Waals surface area contributed by atoms with Crippen LogP contribution in [0.4, 0.5) is 18.9 Å². The molecule has 2 nitrogen and oxygen atoms in total. The maximum atomic E-state index is 13.3. The van der Waals surface area contributed by atoms with Crippen LogP contribution in [-0.4, -0.2) is 11.7 Å². The minimum absolute atomic E-state index is 0.0480. The van der Waals surface area contributed by atoms with Gasteiger partial charge in [-0.15, -0.1) is 11.8 Å². The van der Waals surface area contributed by atoms with Crippen LogP contribution < -0.4 is 5.32 Å². The minimum Gasteiger partial charge on any atom is -0.324 e. The van der Waals surface area contributed by atoms with E-state index in [1.54, 1.807) is 12.1 Å². The third-order valence-corrected chi connectivity index (χ3v) is 3.63. The molecule has 0 aliphatic heterocycles. The molecule has 0 radical (unpaired) electrons. The molecule has 21 heavy (non-hydrogen) atoms. The van der Waals surface area contributed by atoms with E-state index >= 15 is 0 Å². The summed E-state index contributed by atoms with van der Waals surface area (Å²) < 4.78 is 38.8. The second-order valence-corrected chi connectivity index (χ2v) is 5.39. The first kappa shape index (κ1) is 15.4. The summed E-state index contributed by atoms with van der Waals surface area (Å²) in [4.78, 5) is 12.5. The monoisotopic (exact) mass is 311 g/mol. The summed E-state index contributed by atoms with van der Waals surface area (Å²) >= 11 is 1.39. The van der Waals surface area contributed by atoms with Crippen LogP contribution in [0.1, 0.15) is 6.42 Å². The van der Waals surface area contributed by atoms with Crippen molar-refractivity contribution in [3.63, 3.8) is 0 Å². The number of anilines is 1. The van der Waals surface area contributed by atoms with Crippen LogP contribution in [0.3, 0.4) is 0 Å². The maximum absolute atomic E-state index is 13.3. The number of nitrogens with one attached hydrogen (secondary N) is 1. The molecule has 0 unspecified atom stereocenters. The highest BCUT2D eigenvalue weighted by molar-refractivity contribution is 7.99. The molecular weight excluding hydrogens is 299 g/mol. The van der Waals surface area contributed by atoms with Crippen LogP contribution >= 0.6 is 11.8 Å². The lowest BCUT2D eigenvalue weighted by atomic mass is 10.3. The summed E-state index contributed by atoms with van der Waals surface area (Å²) in [7, 11) is 0. The molecule has 0 aliphatic rings. The van der Waals surface area contributed by atoms with Gasteiger partial charge in [-0.05, 0) is 36.4 Å². The van der Waals surface area contributed by atoms with E-state index < -0.39 is 11.6 Å². The van der Waals surface area contributed by atoms with E-state index in [1.165, 1.54) is 30.0 Å². The van der Waals surface area contributed by atoms with Crippen molar-refractivity contribution in [1.29, 1.82) is 0 Å². The van der Waals surface area contributed by atoms with Gasteiger partial charge in [-0.25, -0.2) is 13.2 Å². The van der Waals surface area contributed by atoms with Gasteiger partial charge < -0.3 is 5.32 Å². The Hall–Kier alpha value is -1.95. The largest absolute Gasteiger partial charge is 0.324 e. The summed E-state index contributed by atoms with van der Waals surface area (Å²) in [5.41, 5.74) is -0.0480. The van der Waals surface area contributed by atoms with Crippen LogP contribution in [0.2, 0.25) is 0 Å². The third-order valence-electron chi connectivity index (χ3n) is 2.62. The standard InChI is InChI=1S/C15H12F3NOS/c16-10-1-4-12(5-2-10)21-8-7-15(20)19-14-6-3-11(17)9-13(14)18/h1-6,9H,7-8H2,(H,19,20). The van der Waals surface area contributed by atoms with Gasteiger partial charge in [-0.1, -0.05) is 0 Å². The van der Waals surface area contributed by atoms with Crippen LogP contribution in [0.5, 0.6) is 0 Å². The SMILES string of the molecule is O=C(CCSc1ccc(F)cc1)Nc1ccc(F)cc1F. The summed E-state index contributed by atoms with van der Waals surface area (Å²) in [6.45, 7) is 0. The molecule has 110 valence electrons.